The van der Waals surface area contributed by atoms with E-state index in [4.69, 9.17) is 21.1 Å². The maximum absolute atomic E-state index is 12.4. The molecule has 0 unspecified atom stereocenters. The van der Waals surface area contributed by atoms with Gasteiger partial charge in [0.15, 0.2) is 11.5 Å². The van der Waals surface area contributed by atoms with Gasteiger partial charge in [0.25, 0.3) is 0 Å². The molecule has 3 rings (SSSR count). The third kappa shape index (κ3) is 3.34. The zero-order valence-electron chi connectivity index (χ0n) is 12.8. The van der Waals surface area contributed by atoms with Crippen LogP contribution in [0.3, 0.4) is 0 Å². The molecule has 0 spiro atoms. The first kappa shape index (κ1) is 17.0. The number of sulfonamides is 1. The molecule has 6 nitrogen and oxygen atoms in total. The van der Waals surface area contributed by atoms with Gasteiger partial charge in [0.1, 0.15) is 10.5 Å². The Morgan fingerprint density at radius 3 is 2.67 bits per heavy atom. The summed E-state index contributed by atoms with van der Waals surface area (Å²) in [5, 5.41) is 10.8. The zero-order chi connectivity index (χ0) is 17.4. The van der Waals surface area contributed by atoms with Crippen molar-refractivity contribution in [1.82, 2.24) is 4.72 Å². The van der Waals surface area contributed by atoms with Crippen molar-refractivity contribution in [2.75, 3.05) is 13.3 Å². The second kappa shape index (κ2) is 6.25. The summed E-state index contributed by atoms with van der Waals surface area (Å²) in [5.74, 6) is 1.10. The summed E-state index contributed by atoms with van der Waals surface area (Å²) in [6, 6.07) is 11.1. The predicted octanol–water partition coefficient (Wildman–Crippen LogP) is 2.25. The van der Waals surface area contributed by atoms with Gasteiger partial charge in [-0.1, -0.05) is 29.8 Å². The molecule has 1 aliphatic rings. The molecule has 0 aliphatic carbocycles. The Balaban J connectivity index is 1.79. The quantitative estimate of drug-likeness (QED) is 0.844. The van der Waals surface area contributed by atoms with Crippen LogP contribution in [-0.4, -0.2) is 26.9 Å². The van der Waals surface area contributed by atoms with Crippen LogP contribution >= 0.6 is 11.6 Å². The summed E-state index contributed by atoms with van der Waals surface area (Å²) >= 11 is 5.93. The van der Waals surface area contributed by atoms with E-state index in [2.05, 4.69) is 4.72 Å². The van der Waals surface area contributed by atoms with Gasteiger partial charge in [-0.25, -0.2) is 13.1 Å². The summed E-state index contributed by atoms with van der Waals surface area (Å²) < 4.78 is 37.6. The van der Waals surface area contributed by atoms with Gasteiger partial charge in [-0.05, 0) is 36.8 Å². The molecule has 0 amide bonds. The van der Waals surface area contributed by atoms with Crippen LogP contribution in [0, 0.1) is 0 Å². The van der Waals surface area contributed by atoms with Crippen molar-refractivity contribution in [1.29, 1.82) is 0 Å². The molecule has 2 aromatic rings. The first-order valence-corrected chi connectivity index (χ1v) is 9.02. The van der Waals surface area contributed by atoms with Crippen molar-refractivity contribution in [3.8, 4) is 11.5 Å². The van der Waals surface area contributed by atoms with Gasteiger partial charge in [0.2, 0.25) is 16.8 Å². The van der Waals surface area contributed by atoms with E-state index in [9.17, 15) is 13.5 Å². The molecule has 0 fully saturated rings. The van der Waals surface area contributed by atoms with Crippen LogP contribution in [0.5, 0.6) is 11.5 Å². The van der Waals surface area contributed by atoms with E-state index < -0.39 is 15.6 Å². The fourth-order valence-electron chi connectivity index (χ4n) is 2.31. The van der Waals surface area contributed by atoms with E-state index in [1.807, 2.05) is 0 Å². The van der Waals surface area contributed by atoms with Gasteiger partial charge in [-0.15, -0.1) is 0 Å². The largest absolute Gasteiger partial charge is 0.454 e. The van der Waals surface area contributed by atoms with E-state index >= 15 is 0 Å². The Bertz CT molecular complexity index is 867. The SMILES string of the molecule is C[C@](O)(CNS(=O)(=O)c1ccccc1Cl)c1ccc2c(c1)OCO2. The Morgan fingerprint density at radius 1 is 1.21 bits per heavy atom. The third-order valence-corrected chi connectivity index (χ3v) is 5.63. The minimum absolute atomic E-state index is 0.0341. The maximum atomic E-state index is 12.4. The third-order valence-electron chi connectivity index (χ3n) is 3.73. The Hall–Kier alpha value is -1.80. The Morgan fingerprint density at radius 2 is 1.92 bits per heavy atom. The maximum Gasteiger partial charge on any atom is 0.242 e. The molecular weight excluding hydrogens is 354 g/mol. The highest BCUT2D eigenvalue weighted by Gasteiger charge is 2.29. The van der Waals surface area contributed by atoms with Crippen molar-refractivity contribution in [3.05, 3.63) is 53.1 Å². The van der Waals surface area contributed by atoms with Gasteiger partial charge >= 0.3 is 0 Å². The first-order valence-electron chi connectivity index (χ1n) is 7.16. The first-order chi connectivity index (χ1) is 11.3. The average Bonchev–Trinajstić information content (AvgIpc) is 3.01. The van der Waals surface area contributed by atoms with Crippen LogP contribution in [-0.2, 0) is 15.6 Å². The fraction of sp³-hybridized carbons (Fsp3) is 0.250. The van der Waals surface area contributed by atoms with Crippen LogP contribution in [0.4, 0.5) is 0 Å². The minimum Gasteiger partial charge on any atom is -0.454 e. The van der Waals surface area contributed by atoms with Crippen molar-refractivity contribution >= 4 is 21.6 Å². The number of halogens is 1. The monoisotopic (exact) mass is 369 g/mol. The molecule has 1 atom stereocenters. The summed E-state index contributed by atoms with van der Waals surface area (Å²) in [6.07, 6.45) is 0. The Kier molecular flexibility index (Phi) is 4.44. The topological polar surface area (TPSA) is 84.9 Å². The summed E-state index contributed by atoms with van der Waals surface area (Å²) in [5.41, 5.74) is -0.927. The summed E-state index contributed by atoms with van der Waals surface area (Å²) in [4.78, 5) is -0.0341. The number of fused-ring (bicyclic) bond motifs is 1. The molecule has 0 bridgehead atoms. The molecule has 0 saturated heterocycles. The lowest BCUT2D eigenvalue weighted by Gasteiger charge is -2.24. The van der Waals surface area contributed by atoms with Gasteiger partial charge in [0, 0.05) is 6.54 Å². The minimum atomic E-state index is -3.84. The molecule has 2 aromatic carbocycles. The smallest absolute Gasteiger partial charge is 0.242 e. The lowest BCUT2D eigenvalue weighted by Crippen LogP contribution is -2.38. The van der Waals surface area contributed by atoms with E-state index in [0.717, 1.165) is 0 Å². The van der Waals surface area contributed by atoms with E-state index in [0.29, 0.717) is 17.1 Å². The van der Waals surface area contributed by atoms with Crippen molar-refractivity contribution in [2.24, 2.45) is 0 Å². The van der Waals surface area contributed by atoms with Crippen molar-refractivity contribution in [2.45, 2.75) is 17.4 Å². The lowest BCUT2D eigenvalue weighted by atomic mass is 9.96. The number of ether oxygens (including phenoxy) is 2. The van der Waals surface area contributed by atoms with Crippen LogP contribution in [0.15, 0.2) is 47.4 Å². The van der Waals surface area contributed by atoms with Gasteiger partial charge in [0.05, 0.1) is 5.02 Å². The zero-order valence-corrected chi connectivity index (χ0v) is 14.4. The molecule has 0 aromatic heterocycles. The van der Waals surface area contributed by atoms with E-state index in [-0.39, 0.29) is 23.3 Å². The molecule has 8 heteroatoms. The normalized spacial score (nSPS) is 16.0. The molecule has 1 aliphatic heterocycles. The second-order valence-electron chi connectivity index (χ2n) is 5.60. The number of benzene rings is 2. The lowest BCUT2D eigenvalue weighted by molar-refractivity contribution is 0.0625. The molecule has 128 valence electrons. The van der Waals surface area contributed by atoms with Gasteiger partial charge in [-0.2, -0.15) is 0 Å². The molecule has 24 heavy (non-hydrogen) atoms. The van der Waals surface area contributed by atoms with Crippen molar-refractivity contribution in [3.63, 3.8) is 0 Å². The molecule has 2 N–H and O–H groups in total. The highest BCUT2D eigenvalue weighted by Crippen LogP contribution is 2.35. The van der Waals surface area contributed by atoms with Crippen LogP contribution in [0.25, 0.3) is 0 Å². The molecule has 0 radical (unpaired) electrons. The number of rotatable bonds is 5. The molecular formula is C16H16ClNO5S. The molecule has 0 saturated carbocycles. The number of hydrogen-bond donors (Lipinski definition) is 2. The fourth-order valence-corrected chi connectivity index (χ4v) is 3.96. The second-order valence-corrected chi connectivity index (χ2v) is 7.74. The van der Waals surface area contributed by atoms with E-state index in [1.54, 1.807) is 30.3 Å². The average molecular weight is 370 g/mol. The highest BCUT2D eigenvalue weighted by molar-refractivity contribution is 7.89. The van der Waals surface area contributed by atoms with Crippen LogP contribution in [0.1, 0.15) is 12.5 Å². The standard InChI is InChI=1S/C16H16ClNO5S/c1-16(19,11-6-7-13-14(8-11)23-10-22-13)9-18-24(20,21)15-5-3-2-4-12(15)17/h2-8,18-19H,9-10H2,1H3/t16-/m0/s1. The van der Waals surface area contributed by atoms with Gasteiger partial charge in [-0.3, -0.25) is 0 Å². The number of nitrogens with one attached hydrogen (secondary N) is 1. The van der Waals surface area contributed by atoms with Gasteiger partial charge < -0.3 is 14.6 Å². The predicted molar refractivity (Wildman–Crippen MR) is 88.8 cm³/mol. The van der Waals surface area contributed by atoms with E-state index in [1.165, 1.54) is 19.1 Å². The summed E-state index contributed by atoms with van der Waals surface area (Å²) in [6.45, 7) is 1.42. The van der Waals surface area contributed by atoms with Crippen LogP contribution < -0.4 is 14.2 Å². The van der Waals surface area contributed by atoms with Crippen molar-refractivity contribution < 1.29 is 23.0 Å². The number of aliphatic hydroxyl groups is 1. The molecule has 1 heterocycles. The van der Waals surface area contributed by atoms with Crippen LogP contribution in [0.2, 0.25) is 5.02 Å². The Labute approximate surface area is 145 Å². The highest BCUT2D eigenvalue weighted by atomic mass is 35.5. The summed E-state index contributed by atoms with van der Waals surface area (Å²) in [7, 11) is -3.84. The number of hydrogen-bond acceptors (Lipinski definition) is 5.